The van der Waals surface area contributed by atoms with Crippen LogP contribution in [-0.2, 0) is 28.0 Å². The van der Waals surface area contributed by atoms with E-state index < -0.39 is 28.9 Å². The van der Waals surface area contributed by atoms with Gasteiger partial charge in [-0.15, -0.1) is 11.3 Å². The molecule has 0 aliphatic carbocycles. The Kier molecular flexibility index (Phi) is 7.49. The summed E-state index contributed by atoms with van der Waals surface area (Å²) in [6.45, 7) is 6.23. The van der Waals surface area contributed by atoms with Crippen molar-refractivity contribution in [3.63, 3.8) is 0 Å². The highest BCUT2D eigenvalue weighted by Gasteiger charge is 2.36. The first-order valence-electron chi connectivity index (χ1n) is 11.9. The summed E-state index contributed by atoms with van der Waals surface area (Å²) in [5.74, 6) is -1.12. The van der Waals surface area contributed by atoms with Gasteiger partial charge in [0.1, 0.15) is 22.7 Å². The Morgan fingerprint density at radius 1 is 1.27 bits per heavy atom. The van der Waals surface area contributed by atoms with E-state index in [4.69, 9.17) is 9.15 Å². The van der Waals surface area contributed by atoms with Crippen LogP contribution in [0, 0.1) is 6.92 Å². The van der Waals surface area contributed by atoms with E-state index >= 15 is 0 Å². The molecule has 10 nitrogen and oxygen atoms in total. The molecule has 0 aliphatic rings. The minimum atomic E-state index is -1.84. The lowest BCUT2D eigenvalue weighted by Gasteiger charge is -2.26. The number of thiophene rings is 1. The molecule has 3 heterocycles. The average Bonchev–Trinajstić information content (AvgIpc) is 3.51. The molecule has 0 fully saturated rings. The fourth-order valence-electron chi connectivity index (χ4n) is 4.45. The van der Waals surface area contributed by atoms with E-state index in [1.807, 2.05) is 31.2 Å². The van der Waals surface area contributed by atoms with Crippen molar-refractivity contribution in [1.29, 1.82) is 0 Å². The van der Waals surface area contributed by atoms with Crippen molar-refractivity contribution in [2.75, 3.05) is 13.2 Å². The molecule has 0 saturated heterocycles. The summed E-state index contributed by atoms with van der Waals surface area (Å²) in [5.41, 5.74) is -1.07. The molecule has 4 aromatic rings. The third-order valence-corrected chi connectivity index (χ3v) is 7.55. The molecule has 196 valence electrons. The number of fused-ring (bicyclic) bond motifs is 1. The second kappa shape index (κ2) is 10.4. The molecule has 0 amide bonds. The van der Waals surface area contributed by atoms with E-state index in [2.05, 4.69) is 4.98 Å². The highest BCUT2D eigenvalue weighted by Crippen LogP contribution is 2.36. The van der Waals surface area contributed by atoms with Gasteiger partial charge in [-0.1, -0.05) is 31.2 Å². The maximum Gasteiger partial charge on any atom is 0.333 e. The summed E-state index contributed by atoms with van der Waals surface area (Å²) in [7, 11) is 0. The number of carboxylic acids is 1. The number of ether oxygens (including phenoxy) is 1. The first-order valence-corrected chi connectivity index (χ1v) is 12.7. The van der Waals surface area contributed by atoms with E-state index in [1.54, 1.807) is 6.92 Å². The lowest BCUT2D eigenvalue weighted by Crippen LogP contribution is -2.52. The second-order valence-corrected chi connectivity index (χ2v) is 10.3. The topological polar surface area (TPSA) is 137 Å². The Balaban J connectivity index is 2.05. The number of benzene rings is 1. The number of oxazole rings is 1. The Bertz CT molecular complexity index is 1550. The van der Waals surface area contributed by atoms with Gasteiger partial charge in [-0.25, -0.2) is 19.1 Å². The van der Waals surface area contributed by atoms with Gasteiger partial charge in [0.15, 0.2) is 0 Å². The number of aromatic nitrogens is 3. The molecule has 0 bridgehead atoms. The van der Waals surface area contributed by atoms with E-state index in [0.29, 0.717) is 15.3 Å². The largest absolute Gasteiger partial charge is 0.480 e. The molecule has 4 rings (SSSR count). The molecule has 1 atom stereocenters. The first kappa shape index (κ1) is 26.5. The van der Waals surface area contributed by atoms with Crippen molar-refractivity contribution in [2.24, 2.45) is 0 Å². The Labute approximate surface area is 216 Å². The molecule has 2 N–H and O–H groups in total. The monoisotopic (exact) mass is 527 g/mol. The molecule has 0 aliphatic heterocycles. The van der Waals surface area contributed by atoms with Crippen LogP contribution < -0.4 is 11.2 Å². The lowest BCUT2D eigenvalue weighted by atomic mass is 10.00. The quantitative estimate of drug-likeness (QED) is 0.320. The van der Waals surface area contributed by atoms with Crippen molar-refractivity contribution in [1.82, 2.24) is 14.1 Å². The van der Waals surface area contributed by atoms with Gasteiger partial charge in [-0.2, -0.15) is 0 Å². The van der Waals surface area contributed by atoms with E-state index in [1.165, 1.54) is 42.2 Å². The van der Waals surface area contributed by atoms with Crippen molar-refractivity contribution in [3.8, 4) is 11.5 Å². The van der Waals surface area contributed by atoms with Gasteiger partial charge in [-0.3, -0.25) is 9.36 Å². The molecular weight excluding hydrogens is 498 g/mol. The molecule has 3 aromatic heterocycles. The van der Waals surface area contributed by atoms with Crippen LogP contribution in [0.1, 0.15) is 42.9 Å². The fourth-order valence-corrected chi connectivity index (χ4v) is 5.59. The minimum absolute atomic E-state index is 0.00664. The van der Waals surface area contributed by atoms with Crippen LogP contribution >= 0.6 is 11.3 Å². The Morgan fingerprint density at radius 3 is 2.62 bits per heavy atom. The predicted molar refractivity (Wildman–Crippen MR) is 139 cm³/mol. The summed E-state index contributed by atoms with van der Waals surface area (Å²) in [6.07, 6.45) is 2.91. The zero-order valence-electron chi connectivity index (χ0n) is 21.1. The number of hydrogen-bond acceptors (Lipinski definition) is 8. The zero-order valence-corrected chi connectivity index (χ0v) is 21.9. The predicted octanol–water partition coefficient (Wildman–Crippen LogP) is 3.32. The highest BCUT2D eigenvalue weighted by molar-refractivity contribution is 7.19. The summed E-state index contributed by atoms with van der Waals surface area (Å²) in [6, 6.07) is 7.65. The Morgan fingerprint density at radius 2 is 2.00 bits per heavy atom. The lowest BCUT2D eigenvalue weighted by molar-refractivity contribution is -0.146. The summed E-state index contributed by atoms with van der Waals surface area (Å²) >= 11 is 1.23. The highest BCUT2D eigenvalue weighted by atomic mass is 32.1. The number of rotatable bonds is 10. The third kappa shape index (κ3) is 4.65. The van der Waals surface area contributed by atoms with E-state index in [9.17, 15) is 24.6 Å². The summed E-state index contributed by atoms with van der Waals surface area (Å²) in [5, 5.41) is 19.5. The van der Waals surface area contributed by atoms with Crippen LogP contribution in [0.2, 0.25) is 0 Å². The standard InChI is InChI=1S/C26H29N3O7S/c1-5-16-8-6-7-9-17(16)18(35-13-11-30)14-28-23-20(19(15(2)37-23)21-27-10-12-36-21)22(31)29(25(28)34)26(3,4)24(32)33/h6-10,12,18,30H,5,11,13-14H2,1-4H3,(H,32,33)/t18-/m1/s1. The van der Waals surface area contributed by atoms with Gasteiger partial charge in [-0.05, 0) is 38.3 Å². The van der Waals surface area contributed by atoms with Crippen LogP contribution in [0.15, 0.2) is 50.7 Å². The first-order chi connectivity index (χ1) is 17.6. The SMILES string of the molecule is CCc1ccccc1[C@@H](Cn1c(=O)n(C(C)(C)C(=O)O)c(=O)c2c(-c3ncco3)c(C)sc21)OCCO. The number of carboxylic acid groups (broad SMARTS) is 1. The molecule has 1 aromatic carbocycles. The number of carbonyl (C=O) groups is 1. The summed E-state index contributed by atoms with van der Waals surface area (Å²) < 4.78 is 13.6. The van der Waals surface area contributed by atoms with E-state index in [0.717, 1.165) is 22.1 Å². The molecule has 0 spiro atoms. The molecular formula is C26H29N3O7S. The van der Waals surface area contributed by atoms with Gasteiger partial charge >= 0.3 is 11.7 Å². The number of aliphatic carboxylic acids is 1. The van der Waals surface area contributed by atoms with Gasteiger partial charge in [0.25, 0.3) is 5.56 Å². The molecule has 37 heavy (non-hydrogen) atoms. The molecule has 0 unspecified atom stereocenters. The van der Waals surface area contributed by atoms with Crippen molar-refractivity contribution >= 4 is 27.5 Å². The van der Waals surface area contributed by atoms with Crippen LogP contribution in [0.5, 0.6) is 0 Å². The van der Waals surface area contributed by atoms with Crippen molar-refractivity contribution < 1.29 is 24.2 Å². The third-order valence-electron chi connectivity index (χ3n) is 6.42. The maximum atomic E-state index is 13.9. The second-order valence-electron chi connectivity index (χ2n) is 9.08. The van der Waals surface area contributed by atoms with Gasteiger partial charge < -0.3 is 19.4 Å². The van der Waals surface area contributed by atoms with Crippen molar-refractivity contribution in [2.45, 2.75) is 52.3 Å². The smallest absolute Gasteiger partial charge is 0.333 e. The van der Waals surface area contributed by atoms with Gasteiger partial charge in [0.05, 0.1) is 36.9 Å². The number of hydrogen-bond donors (Lipinski definition) is 2. The van der Waals surface area contributed by atoms with Crippen LogP contribution in [0.25, 0.3) is 21.7 Å². The molecule has 0 radical (unpaired) electrons. The van der Waals surface area contributed by atoms with E-state index in [-0.39, 0.29) is 31.0 Å². The molecule has 0 saturated carbocycles. The van der Waals surface area contributed by atoms with Crippen LogP contribution in [0.3, 0.4) is 0 Å². The fraction of sp³-hybridized carbons (Fsp3) is 0.385. The number of nitrogens with zero attached hydrogens (tertiary/aromatic N) is 3. The molecule has 11 heteroatoms. The summed E-state index contributed by atoms with van der Waals surface area (Å²) in [4.78, 5) is 45.1. The maximum absolute atomic E-state index is 13.9. The minimum Gasteiger partial charge on any atom is -0.480 e. The zero-order chi connectivity index (χ0) is 26.9. The van der Waals surface area contributed by atoms with Crippen molar-refractivity contribution in [3.05, 3.63) is 73.6 Å². The van der Waals surface area contributed by atoms with Crippen LogP contribution in [-0.4, -0.2) is 43.5 Å². The number of aliphatic hydroxyl groups is 1. The Hall–Kier alpha value is -3.54. The number of aryl methyl sites for hydroxylation is 2. The number of aliphatic hydroxyl groups excluding tert-OH is 1. The van der Waals surface area contributed by atoms with Gasteiger partial charge in [0, 0.05) is 4.88 Å². The average molecular weight is 528 g/mol. The van der Waals surface area contributed by atoms with Gasteiger partial charge in [0.2, 0.25) is 5.89 Å². The normalized spacial score (nSPS) is 12.8. The van der Waals surface area contributed by atoms with Crippen LogP contribution in [0.4, 0.5) is 0 Å².